The normalized spacial score (nSPS) is 9.95. The Balaban J connectivity index is 2.00. The van der Waals surface area contributed by atoms with Crippen LogP contribution in [-0.4, -0.2) is 18.1 Å². The van der Waals surface area contributed by atoms with Crippen LogP contribution in [0.3, 0.4) is 0 Å². The number of hydrogen-bond donors (Lipinski definition) is 1. The van der Waals surface area contributed by atoms with Gasteiger partial charge in [0.05, 0.1) is 18.4 Å². The van der Waals surface area contributed by atoms with Gasteiger partial charge < -0.3 is 15.2 Å². The molecule has 2 rings (SSSR count). The molecule has 2 aromatic rings. The number of hydrogen-bond acceptors (Lipinski definition) is 5. The highest BCUT2D eigenvalue weighted by Gasteiger charge is 2.08. The van der Waals surface area contributed by atoms with E-state index in [4.69, 9.17) is 15.2 Å². The third-order valence-corrected chi connectivity index (χ3v) is 2.50. The van der Waals surface area contributed by atoms with Gasteiger partial charge in [-0.15, -0.1) is 0 Å². The lowest BCUT2D eigenvalue weighted by Crippen LogP contribution is -2.06. The van der Waals surface area contributed by atoms with Gasteiger partial charge in [-0.3, -0.25) is 4.98 Å². The number of carbonyl (C=O) groups excluding carboxylic acids is 1. The van der Waals surface area contributed by atoms with Gasteiger partial charge in [-0.25, -0.2) is 4.79 Å². The molecule has 0 atom stereocenters. The average Bonchev–Trinajstić information content (AvgIpc) is 2.45. The second-order valence-corrected chi connectivity index (χ2v) is 3.93. The second-order valence-electron chi connectivity index (χ2n) is 3.93. The first kappa shape index (κ1) is 12.9. The summed E-state index contributed by atoms with van der Waals surface area (Å²) < 4.78 is 10.3. The van der Waals surface area contributed by atoms with Crippen LogP contribution in [0.2, 0.25) is 0 Å². The van der Waals surface area contributed by atoms with Crippen molar-refractivity contribution in [1.29, 1.82) is 0 Å². The Bertz CT molecular complexity index is 584. The van der Waals surface area contributed by atoms with Crippen LogP contribution >= 0.6 is 0 Å². The molecule has 0 spiro atoms. The maximum atomic E-state index is 11.8. The minimum Gasteiger partial charge on any atom is -0.497 e. The van der Waals surface area contributed by atoms with Gasteiger partial charge in [0.2, 0.25) is 0 Å². The molecular formula is C14H14N2O3. The second kappa shape index (κ2) is 5.86. The van der Waals surface area contributed by atoms with Crippen LogP contribution in [0.5, 0.6) is 5.75 Å². The molecule has 0 saturated carbocycles. The first-order chi connectivity index (χ1) is 9.19. The molecule has 0 bridgehead atoms. The standard InChI is InChI=1S/C14H14N2O3/c1-18-13-4-2-3-10(5-13)9-19-14(17)11-6-12(15)8-16-7-11/h2-8H,9,15H2,1H3. The van der Waals surface area contributed by atoms with Gasteiger partial charge in [0.25, 0.3) is 0 Å². The van der Waals surface area contributed by atoms with Crippen LogP contribution in [0, 0.1) is 0 Å². The Morgan fingerprint density at radius 3 is 2.89 bits per heavy atom. The first-order valence-corrected chi connectivity index (χ1v) is 5.69. The molecule has 0 aliphatic carbocycles. The third kappa shape index (κ3) is 3.45. The number of nitrogens with zero attached hydrogens (tertiary/aromatic N) is 1. The smallest absolute Gasteiger partial charge is 0.340 e. The van der Waals surface area contributed by atoms with Crippen LogP contribution in [0.1, 0.15) is 15.9 Å². The zero-order valence-electron chi connectivity index (χ0n) is 10.5. The molecule has 1 heterocycles. The number of aromatic nitrogens is 1. The summed E-state index contributed by atoms with van der Waals surface area (Å²) in [5.74, 6) is 0.266. The molecule has 0 fully saturated rings. The molecule has 0 saturated heterocycles. The molecule has 5 nitrogen and oxygen atoms in total. The van der Waals surface area contributed by atoms with E-state index in [1.165, 1.54) is 18.5 Å². The van der Waals surface area contributed by atoms with Gasteiger partial charge in [-0.1, -0.05) is 12.1 Å². The lowest BCUT2D eigenvalue weighted by Gasteiger charge is -2.06. The molecule has 0 radical (unpaired) electrons. The number of anilines is 1. The van der Waals surface area contributed by atoms with Crippen molar-refractivity contribution in [2.45, 2.75) is 6.61 Å². The van der Waals surface area contributed by atoms with Crippen molar-refractivity contribution in [2.75, 3.05) is 12.8 Å². The van der Waals surface area contributed by atoms with Gasteiger partial charge in [0, 0.05) is 12.4 Å². The van der Waals surface area contributed by atoms with Gasteiger partial charge in [0.1, 0.15) is 12.4 Å². The fourth-order valence-electron chi connectivity index (χ4n) is 1.56. The predicted molar refractivity (Wildman–Crippen MR) is 70.8 cm³/mol. The summed E-state index contributed by atoms with van der Waals surface area (Å²) in [6, 6.07) is 8.86. The topological polar surface area (TPSA) is 74.4 Å². The zero-order chi connectivity index (χ0) is 13.7. The molecule has 1 aromatic heterocycles. The highest BCUT2D eigenvalue weighted by atomic mass is 16.5. The number of esters is 1. The highest BCUT2D eigenvalue weighted by molar-refractivity contribution is 5.89. The van der Waals surface area contributed by atoms with E-state index in [9.17, 15) is 4.79 Å². The molecule has 0 aliphatic rings. The molecule has 98 valence electrons. The van der Waals surface area contributed by atoms with E-state index in [1.807, 2.05) is 24.3 Å². The average molecular weight is 258 g/mol. The van der Waals surface area contributed by atoms with Crippen molar-refractivity contribution >= 4 is 11.7 Å². The van der Waals surface area contributed by atoms with E-state index in [-0.39, 0.29) is 6.61 Å². The number of pyridine rings is 1. The number of ether oxygens (including phenoxy) is 2. The summed E-state index contributed by atoms with van der Waals surface area (Å²) in [7, 11) is 1.59. The monoisotopic (exact) mass is 258 g/mol. The molecule has 1 aromatic carbocycles. The van der Waals surface area contributed by atoms with E-state index < -0.39 is 5.97 Å². The number of nitrogens with two attached hydrogens (primary N) is 1. The maximum absolute atomic E-state index is 11.8. The van der Waals surface area contributed by atoms with Crippen LogP contribution in [0.4, 0.5) is 5.69 Å². The summed E-state index contributed by atoms with van der Waals surface area (Å²) in [6.07, 6.45) is 2.89. The number of rotatable bonds is 4. The summed E-state index contributed by atoms with van der Waals surface area (Å²) >= 11 is 0. The van der Waals surface area contributed by atoms with E-state index >= 15 is 0 Å². The third-order valence-electron chi connectivity index (χ3n) is 2.50. The van der Waals surface area contributed by atoms with Crippen molar-refractivity contribution in [3.63, 3.8) is 0 Å². The lowest BCUT2D eigenvalue weighted by atomic mass is 10.2. The first-order valence-electron chi connectivity index (χ1n) is 5.69. The summed E-state index contributed by atoms with van der Waals surface area (Å²) in [5.41, 5.74) is 7.17. The molecular weight excluding hydrogens is 244 g/mol. The molecule has 0 unspecified atom stereocenters. The quantitative estimate of drug-likeness (QED) is 0.849. The number of nitrogen functional groups attached to an aromatic ring is 1. The fraction of sp³-hybridized carbons (Fsp3) is 0.143. The van der Waals surface area contributed by atoms with Crippen LogP contribution < -0.4 is 10.5 Å². The maximum Gasteiger partial charge on any atom is 0.340 e. The summed E-state index contributed by atoms with van der Waals surface area (Å²) in [5, 5.41) is 0. The number of methoxy groups -OCH3 is 1. The predicted octanol–water partition coefficient (Wildman–Crippen LogP) is 2.03. The minimum absolute atomic E-state index is 0.171. The van der Waals surface area contributed by atoms with E-state index in [0.29, 0.717) is 11.3 Å². The van der Waals surface area contributed by atoms with E-state index in [1.54, 1.807) is 7.11 Å². The van der Waals surface area contributed by atoms with Crippen molar-refractivity contribution in [1.82, 2.24) is 4.98 Å². The van der Waals surface area contributed by atoms with Crippen LogP contribution in [0.15, 0.2) is 42.7 Å². The largest absolute Gasteiger partial charge is 0.497 e. The summed E-state index contributed by atoms with van der Waals surface area (Å²) in [4.78, 5) is 15.6. The Hall–Kier alpha value is -2.56. The molecule has 5 heteroatoms. The van der Waals surface area contributed by atoms with Crippen molar-refractivity contribution in [3.05, 3.63) is 53.9 Å². The van der Waals surface area contributed by atoms with Crippen LogP contribution in [0.25, 0.3) is 0 Å². The molecule has 0 amide bonds. The van der Waals surface area contributed by atoms with E-state index in [2.05, 4.69) is 4.98 Å². The van der Waals surface area contributed by atoms with Crippen molar-refractivity contribution in [3.8, 4) is 5.75 Å². The van der Waals surface area contributed by atoms with E-state index in [0.717, 1.165) is 11.3 Å². The number of carbonyl (C=O) groups is 1. The number of benzene rings is 1. The fourth-order valence-corrected chi connectivity index (χ4v) is 1.56. The van der Waals surface area contributed by atoms with Crippen LogP contribution in [-0.2, 0) is 11.3 Å². The summed E-state index contributed by atoms with van der Waals surface area (Å²) in [6.45, 7) is 0.171. The Morgan fingerprint density at radius 2 is 2.16 bits per heavy atom. The Kier molecular flexibility index (Phi) is 3.97. The molecule has 19 heavy (non-hydrogen) atoms. The minimum atomic E-state index is -0.456. The van der Waals surface area contributed by atoms with Crippen molar-refractivity contribution < 1.29 is 14.3 Å². The Morgan fingerprint density at radius 1 is 1.32 bits per heavy atom. The van der Waals surface area contributed by atoms with Gasteiger partial charge >= 0.3 is 5.97 Å². The van der Waals surface area contributed by atoms with Gasteiger partial charge in [-0.05, 0) is 23.8 Å². The highest BCUT2D eigenvalue weighted by Crippen LogP contribution is 2.14. The van der Waals surface area contributed by atoms with Gasteiger partial charge in [-0.2, -0.15) is 0 Å². The SMILES string of the molecule is COc1cccc(COC(=O)c2cncc(N)c2)c1. The lowest BCUT2D eigenvalue weighted by molar-refractivity contribution is 0.0472. The molecule has 0 aliphatic heterocycles. The van der Waals surface area contributed by atoms with Gasteiger partial charge in [0.15, 0.2) is 0 Å². The van der Waals surface area contributed by atoms with Crippen molar-refractivity contribution in [2.24, 2.45) is 0 Å². The zero-order valence-corrected chi connectivity index (χ0v) is 10.5. The molecule has 2 N–H and O–H groups in total. The Labute approximate surface area is 111 Å².